The number of aromatic nitrogens is 2. The molecule has 34 heavy (non-hydrogen) atoms. The number of rotatable bonds is 3. The molecule has 0 bridgehead atoms. The van der Waals surface area contributed by atoms with E-state index in [-0.39, 0.29) is 12.5 Å². The third-order valence-electron chi connectivity index (χ3n) is 5.26. The highest BCUT2D eigenvalue weighted by Gasteiger charge is 2.31. The van der Waals surface area contributed by atoms with Crippen molar-refractivity contribution in [2.75, 3.05) is 18.6 Å². The number of anilines is 1. The van der Waals surface area contributed by atoms with Crippen LogP contribution in [0, 0.1) is 11.8 Å². The minimum Gasteiger partial charge on any atom is -0.489 e. The summed E-state index contributed by atoms with van der Waals surface area (Å²) >= 11 is 0. The maximum atomic E-state index is 13.1. The summed E-state index contributed by atoms with van der Waals surface area (Å²) in [6, 6.07) is 13.7. The number of likely N-dealkylation sites (N-methyl/N-ethyl adjacent to an activating group) is 1. The highest BCUT2D eigenvalue weighted by molar-refractivity contribution is 6.00. The van der Waals surface area contributed by atoms with Crippen molar-refractivity contribution in [2.45, 2.75) is 31.9 Å². The molecule has 0 aliphatic carbocycles. The van der Waals surface area contributed by atoms with E-state index in [9.17, 15) is 14.7 Å². The van der Waals surface area contributed by atoms with Gasteiger partial charge in [-0.3, -0.25) is 4.79 Å². The average Bonchev–Trinajstić information content (AvgIpc) is 3.24. The smallest absolute Gasteiger partial charge is 0.342 e. The number of hydrogen-bond donors (Lipinski definition) is 2. The Balaban J connectivity index is 1.46. The van der Waals surface area contributed by atoms with Gasteiger partial charge < -0.3 is 20.1 Å². The lowest BCUT2D eigenvalue weighted by atomic mass is 10.1. The fraction of sp³-hybridized carbons (Fsp3) is 0.269. The van der Waals surface area contributed by atoms with E-state index >= 15 is 0 Å². The zero-order chi connectivity index (χ0) is 24.3. The highest BCUT2D eigenvalue weighted by atomic mass is 16.5. The predicted octanol–water partition coefficient (Wildman–Crippen LogP) is 2.58. The lowest BCUT2D eigenvalue weighted by Gasteiger charge is -2.20. The molecule has 1 aromatic heterocycles. The van der Waals surface area contributed by atoms with Crippen LogP contribution in [0.1, 0.15) is 30.5 Å². The van der Waals surface area contributed by atoms with Crippen LogP contribution in [0.25, 0.3) is 0 Å². The van der Waals surface area contributed by atoms with E-state index < -0.39 is 17.7 Å². The second-order valence-corrected chi connectivity index (χ2v) is 8.66. The molecular formula is C26H26N4O4. The van der Waals surface area contributed by atoms with Gasteiger partial charge >= 0.3 is 6.03 Å². The fourth-order valence-electron chi connectivity index (χ4n) is 3.51. The van der Waals surface area contributed by atoms with Crippen LogP contribution in [0.4, 0.5) is 10.5 Å². The van der Waals surface area contributed by atoms with Crippen LogP contribution in [0.15, 0.2) is 60.9 Å². The average molecular weight is 459 g/mol. The zero-order valence-corrected chi connectivity index (χ0v) is 19.3. The molecule has 2 aromatic carbocycles. The van der Waals surface area contributed by atoms with E-state index in [0.29, 0.717) is 23.4 Å². The van der Waals surface area contributed by atoms with Crippen molar-refractivity contribution in [3.05, 3.63) is 77.6 Å². The first-order valence-electron chi connectivity index (χ1n) is 10.9. The molecule has 0 spiro atoms. The Bertz CT molecular complexity index is 1270. The molecule has 4 rings (SSSR count). The van der Waals surface area contributed by atoms with Gasteiger partial charge in [-0.05, 0) is 43.2 Å². The first-order valence-corrected chi connectivity index (χ1v) is 10.9. The normalized spacial score (nSPS) is 15.5. The van der Waals surface area contributed by atoms with Crippen molar-refractivity contribution in [3.8, 4) is 17.6 Å². The Hall–Kier alpha value is -4.09. The van der Waals surface area contributed by atoms with Gasteiger partial charge in [-0.25, -0.2) is 4.79 Å². The van der Waals surface area contributed by atoms with Crippen molar-refractivity contribution >= 4 is 17.6 Å². The molecule has 0 fully saturated rings. The van der Waals surface area contributed by atoms with Gasteiger partial charge in [0.15, 0.2) is 0 Å². The quantitative estimate of drug-likeness (QED) is 0.588. The van der Waals surface area contributed by atoms with Crippen molar-refractivity contribution in [3.63, 3.8) is 0 Å². The topological polar surface area (TPSA) is 96.7 Å². The molecule has 1 atom stereocenters. The first-order chi connectivity index (χ1) is 16.2. The summed E-state index contributed by atoms with van der Waals surface area (Å²) < 4.78 is 7.01. The number of ether oxygens (including phenoxy) is 1. The summed E-state index contributed by atoms with van der Waals surface area (Å²) in [5, 5.41) is 16.7. The molecule has 2 N–H and O–H groups in total. The van der Waals surface area contributed by atoms with Gasteiger partial charge in [0, 0.05) is 25.2 Å². The monoisotopic (exact) mass is 458 g/mol. The van der Waals surface area contributed by atoms with Crippen LogP contribution in [-0.2, 0) is 11.2 Å². The number of fused-ring (bicyclic) bond motifs is 1. The number of carbonyl (C=O) groups excluding carboxylic acids is 2. The van der Waals surface area contributed by atoms with Crippen LogP contribution in [0.5, 0.6) is 5.75 Å². The number of hydrogen-bond acceptors (Lipinski definition) is 5. The Labute approximate surface area is 198 Å². The van der Waals surface area contributed by atoms with E-state index in [2.05, 4.69) is 22.3 Å². The number of amides is 2. The van der Waals surface area contributed by atoms with Gasteiger partial charge in [-0.15, -0.1) is 0 Å². The van der Waals surface area contributed by atoms with E-state index in [1.165, 1.54) is 9.58 Å². The highest BCUT2D eigenvalue weighted by Crippen LogP contribution is 2.31. The van der Waals surface area contributed by atoms with Gasteiger partial charge in [0.05, 0.1) is 11.9 Å². The van der Waals surface area contributed by atoms with E-state index in [1.807, 2.05) is 30.3 Å². The summed E-state index contributed by atoms with van der Waals surface area (Å²) in [5.41, 5.74) is 2.03. The number of benzene rings is 2. The molecule has 2 amide bonds. The van der Waals surface area contributed by atoms with Gasteiger partial charge in [0.1, 0.15) is 24.0 Å². The van der Waals surface area contributed by atoms with Crippen LogP contribution in [0.3, 0.4) is 0 Å². The molecule has 8 nitrogen and oxygen atoms in total. The Morgan fingerprint density at radius 3 is 2.74 bits per heavy atom. The number of nitrogens with zero attached hydrogens (tertiary/aromatic N) is 3. The molecule has 0 unspecified atom stereocenters. The molecule has 0 saturated carbocycles. The second kappa shape index (κ2) is 9.41. The molecule has 0 radical (unpaired) electrons. The number of nitrogens with one attached hydrogen (secondary N) is 1. The zero-order valence-electron chi connectivity index (χ0n) is 19.3. The fourth-order valence-corrected chi connectivity index (χ4v) is 3.51. The predicted molar refractivity (Wildman–Crippen MR) is 128 cm³/mol. The molecule has 3 aromatic rings. The minimum atomic E-state index is -1.13. The molecule has 1 aliphatic rings. The largest absolute Gasteiger partial charge is 0.489 e. The lowest BCUT2D eigenvalue weighted by Crippen LogP contribution is -2.50. The maximum absolute atomic E-state index is 13.1. The van der Waals surface area contributed by atoms with Crippen LogP contribution >= 0.6 is 0 Å². The minimum absolute atomic E-state index is 0.0191. The van der Waals surface area contributed by atoms with E-state index in [4.69, 9.17) is 4.74 Å². The van der Waals surface area contributed by atoms with Crippen molar-refractivity contribution in [2.24, 2.45) is 0 Å². The summed E-state index contributed by atoms with van der Waals surface area (Å²) in [6.45, 7) is 3.17. The van der Waals surface area contributed by atoms with E-state index in [0.717, 1.165) is 11.1 Å². The second-order valence-electron chi connectivity index (χ2n) is 8.66. The maximum Gasteiger partial charge on any atom is 0.342 e. The molecule has 0 saturated heterocycles. The van der Waals surface area contributed by atoms with Crippen molar-refractivity contribution in [1.29, 1.82) is 0 Å². The van der Waals surface area contributed by atoms with Gasteiger partial charge in [0.25, 0.3) is 5.91 Å². The summed E-state index contributed by atoms with van der Waals surface area (Å²) in [4.78, 5) is 27.3. The first kappa shape index (κ1) is 23.1. The van der Waals surface area contributed by atoms with Gasteiger partial charge in [0.2, 0.25) is 0 Å². The standard InChI is InChI=1S/C26H26N4O4/c1-26(2,33)12-11-19-9-10-23-22(14-19)29(3)24(31)21(17-34-23)28-25(32)30-16-20(15-27-30)13-18-7-5-4-6-8-18/h4-10,14-16,21,33H,13,17H2,1-3H3,(H,28,32)/t21-/m1/s1. The molecule has 8 heteroatoms. The van der Waals surface area contributed by atoms with Crippen molar-refractivity contribution in [1.82, 2.24) is 15.1 Å². The van der Waals surface area contributed by atoms with Gasteiger partial charge in [-0.1, -0.05) is 42.2 Å². The van der Waals surface area contributed by atoms with Crippen LogP contribution < -0.4 is 15.0 Å². The van der Waals surface area contributed by atoms with Crippen LogP contribution in [-0.4, -0.2) is 52.1 Å². The summed E-state index contributed by atoms with van der Waals surface area (Å²) in [5.74, 6) is 5.83. The third-order valence-corrected chi connectivity index (χ3v) is 5.26. The van der Waals surface area contributed by atoms with Crippen LogP contribution in [0.2, 0.25) is 0 Å². The lowest BCUT2D eigenvalue weighted by molar-refractivity contribution is -0.120. The van der Waals surface area contributed by atoms with E-state index in [1.54, 1.807) is 51.5 Å². The Morgan fingerprint density at radius 1 is 1.24 bits per heavy atom. The summed E-state index contributed by atoms with van der Waals surface area (Å²) in [7, 11) is 1.62. The molecule has 174 valence electrons. The third kappa shape index (κ3) is 5.45. The number of carbonyl (C=O) groups is 2. The summed E-state index contributed by atoms with van der Waals surface area (Å²) in [6.07, 6.45) is 3.93. The molecule has 2 heterocycles. The molecule has 1 aliphatic heterocycles. The Morgan fingerprint density at radius 2 is 2.00 bits per heavy atom. The molecular weight excluding hydrogens is 432 g/mol. The van der Waals surface area contributed by atoms with Gasteiger partial charge in [-0.2, -0.15) is 9.78 Å². The van der Waals surface area contributed by atoms with Crippen molar-refractivity contribution < 1.29 is 19.4 Å². The SMILES string of the molecule is CN1C(=O)[C@H](NC(=O)n2cc(Cc3ccccc3)cn2)COc2ccc(C#CC(C)(C)O)cc21. The Kier molecular flexibility index (Phi) is 6.39. The number of aliphatic hydroxyl groups is 1.